The molecule has 6 heavy (non-hydrogen) atoms. The van der Waals surface area contributed by atoms with Crippen LogP contribution in [0.2, 0.25) is 0 Å². The number of nitrogens with zero attached hydrogens (tertiary/aromatic N) is 1. The van der Waals surface area contributed by atoms with Crippen molar-refractivity contribution in [3.8, 4) is 6.07 Å². The van der Waals surface area contributed by atoms with Crippen molar-refractivity contribution in [3.05, 3.63) is 0 Å². The Morgan fingerprint density at radius 3 is 2.50 bits per heavy atom. The van der Waals surface area contributed by atoms with Gasteiger partial charge in [0.1, 0.15) is 0 Å². The highest BCUT2D eigenvalue weighted by Crippen LogP contribution is 1.64. The van der Waals surface area contributed by atoms with Crippen LogP contribution in [0.25, 0.3) is 0 Å². The van der Waals surface area contributed by atoms with Crippen LogP contribution < -0.4 is 0 Å². The predicted molar refractivity (Wildman–Crippen MR) is 19.4 cm³/mol. The summed E-state index contributed by atoms with van der Waals surface area (Å²) in [4.78, 5) is 0. The number of hydrogen-bond acceptors (Lipinski definition) is 3. The molecule has 1 unspecified atom stereocenters. The van der Waals surface area contributed by atoms with Crippen molar-refractivity contribution in [2.45, 2.75) is 0 Å². The lowest BCUT2D eigenvalue weighted by Crippen LogP contribution is -1.88. The van der Waals surface area contributed by atoms with E-state index in [-0.39, 0.29) is 0 Å². The fourth-order valence-electron chi connectivity index (χ4n) is 0.0527. The predicted octanol–water partition coefficient (Wildman–Crippen LogP) is -0.611. The van der Waals surface area contributed by atoms with Gasteiger partial charge in [0.05, 0.1) is 11.8 Å². The molecule has 0 bridgehead atoms. The van der Waals surface area contributed by atoms with Gasteiger partial charge in [0.25, 0.3) is 0 Å². The SMILES string of the molecule is N#CCS(=O)[O-]. The molecule has 0 aliphatic rings. The highest BCUT2D eigenvalue weighted by Gasteiger charge is 1.71. The fraction of sp³-hybridized carbons (Fsp3) is 0.500. The maximum absolute atomic E-state index is 9.38. The Kier molecular flexibility index (Phi) is 2.63. The Morgan fingerprint density at radius 2 is 2.50 bits per heavy atom. The van der Waals surface area contributed by atoms with E-state index in [1.807, 2.05) is 0 Å². The van der Waals surface area contributed by atoms with Gasteiger partial charge in [-0.1, -0.05) is 0 Å². The van der Waals surface area contributed by atoms with E-state index in [0.717, 1.165) is 0 Å². The topological polar surface area (TPSA) is 63.9 Å². The third-order valence-electron chi connectivity index (χ3n) is 0.182. The van der Waals surface area contributed by atoms with Crippen molar-refractivity contribution in [3.63, 3.8) is 0 Å². The summed E-state index contributed by atoms with van der Waals surface area (Å²) >= 11 is -2.18. The summed E-state index contributed by atoms with van der Waals surface area (Å²) in [7, 11) is 0. The quantitative estimate of drug-likeness (QED) is 0.417. The van der Waals surface area contributed by atoms with E-state index in [1.54, 1.807) is 0 Å². The Hall–Kier alpha value is -0.400. The van der Waals surface area contributed by atoms with E-state index in [1.165, 1.54) is 6.07 Å². The summed E-state index contributed by atoms with van der Waals surface area (Å²) in [6.07, 6.45) is 0. The van der Waals surface area contributed by atoms with E-state index in [0.29, 0.717) is 0 Å². The molecular weight excluding hydrogens is 102 g/mol. The molecule has 3 nitrogen and oxygen atoms in total. The third-order valence-corrected chi connectivity index (χ3v) is 0.547. The first-order valence-corrected chi connectivity index (χ1v) is 2.44. The maximum Gasteiger partial charge on any atom is 0.0975 e. The average molecular weight is 104 g/mol. The lowest BCUT2D eigenvalue weighted by Gasteiger charge is -1.91. The Labute approximate surface area is 37.9 Å². The van der Waals surface area contributed by atoms with Gasteiger partial charge in [-0.05, 0) is 11.1 Å². The van der Waals surface area contributed by atoms with Crippen LogP contribution in [-0.2, 0) is 11.1 Å². The summed E-state index contributed by atoms with van der Waals surface area (Å²) in [5.74, 6) is -0.403. The zero-order valence-electron chi connectivity index (χ0n) is 2.88. The minimum atomic E-state index is -2.18. The van der Waals surface area contributed by atoms with Gasteiger partial charge in [-0.25, -0.2) is 0 Å². The van der Waals surface area contributed by atoms with Gasteiger partial charge in [0, 0.05) is 0 Å². The van der Waals surface area contributed by atoms with E-state index in [4.69, 9.17) is 5.26 Å². The average Bonchev–Trinajstić information content (AvgIpc) is 1.35. The summed E-state index contributed by atoms with van der Waals surface area (Å²) in [6.45, 7) is 0. The molecule has 0 aromatic heterocycles. The molecule has 0 rings (SSSR count). The van der Waals surface area contributed by atoms with Gasteiger partial charge in [0.2, 0.25) is 0 Å². The molecule has 0 aliphatic heterocycles. The lowest BCUT2D eigenvalue weighted by molar-refractivity contribution is 0.540. The summed E-state index contributed by atoms with van der Waals surface area (Å²) in [6, 6.07) is 1.45. The van der Waals surface area contributed by atoms with Crippen LogP contribution >= 0.6 is 0 Å². The highest BCUT2D eigenvalue weighted by atomic mass is 32.2. The second-order valence-corrected chi connectivity index (χ2v) is 1.50. The van der Waals surface area contributed by atoms with E-state index in [9.17, 15) is 8.76 Å². The first-order valence-electron chi connectivity index (χ1n) is 1.20. The molecule has 1 atom stereocenters. The maximum atomic E-state index is 9.38. The molecule has 0 saturated heterocycles. The molecule has 0 spiro atoms. The second kappa shape index (κ2) is 2.82. The van der Waals surface area contributed by atoms with E-state index < -0.39 is 16.8 Å². The molecule has 0 N–H and O–H groups in total. The van der Waals surface area contributed by atoms with Crippen LogP contribution in [0.3, 0.4) is 0 Å². The van der Waals surface area contributed by atoms with Gasteiger partial charge in [0.15, 0.2) is 0 Å². The molecule has 0 aromatic carbocycles. The van der Waals surface area contributed by atoms with Crippen LogP contribution in [0.4, 0.5) is 0 Å². The van der Waals surface area contributed by atoms with Crippen LogP contribution in [0.1, 0.15) is 0 Å². The molecule has 0 fully saturated rings. The lowest BCUT2D eigenvalue weighted by atomic mass is 10.9. The molecular formula is C2H2NO2S-. The first kappa shape index (κ1) is 5.60. The van der Waals surface area contributed by atoms with Gasteiger partial charge < -0.3 is 4.55 Å². The Bertz CT molecular complexity index is 94.2. The van der Waals surface area contributed by atoms with Gasteiger partial charge in [-0.2, -0.15) is 5.26 Å². The highest BCUT2D eigenvalue weighted by molar-refractivity contribution is 7.79. The van der Waals surface area contributed by atoms with Gasteiger partial charge in [-0.15, -0.1) is 0 Å². The van der Waals surface area contributed by atoms with Crippen molar-refractivity contribution < 1.29 is 8.76 Å². The van der Waals surface area contributed by atoms with Crippen molar-refractivity contribution in [2.24, 2.45) is 0 Å². The van der Waals surface area contributed by atoms with Crippen molar-refractivity contribution in [1.82, 2.24) is 0 Å². The van der Waals surface area contributed by atoms with Crippen LogP contribution in [0, 0.1) is 11.3 Å². The summed E-state index contributed by atoms with van der Waals surface area (Å²) in [5.41, 5.74) is 0. The minimum Gasteiger partial charge on any atom is -0.772 e. The van der Waals surface area contributed by atoms with Gasteiger partial charge in [-0.3, -0.25) is 4.21 Å². The smallest absolute Gasteiger partial charge is 0.0975 e. The van der Waals surface area contributed by atoms with Gasteiger partial charge >= 0.3 is 0 Å². The number of rotatable bonds is 1. The Balaban J connectivity index is 3.13. The molecule has 0 saturated carbocycles. The monoisotopic (exact) mass is 104 g/mol. The van der Waals surface area contributed by atoms with Crippen LogP contribution in [0.15, 0.2) is 0 Å². The third kappa shape index (κ3) is 3.60. The fourth-order valence-corrected chi connectivity index (χ4v) is 0.158. The van der Waals surface area contributed by atoms with Crippen molar-refractivity contribution in [1.29, 1.82) is 5.26 Å². The van der Waals surface area contributed by atoms with E-state index in [2.05, 4.69) is 0 Å². The molecule has 0 aliphatic carbocycles. The molecule has 0 heterocycles. The first-order chi connectivity index (χ1) is 2.77. The Morgan fingerprint density at radius 1 is 2.00 bits per heavy atom. The normalized spacial score (nSPS) is 12.7. The minimum absolute atomic E-state index is 0.403. The molecule has 0 aromatic rings. The molecule has 0 amide bonds. The summed E-state index contributed by atoms with van der Waals surface area (Å²) in [5, 5.41) is 7.59. The molecule has 4 heteroatoms. The molecule has 0 radical (unpaired) electrons. The number of nitriles is 1. The van der Waals surface area contributed by atoms with Crippen LogP contribution in [0.5, 0.6) is 0 Å². The standard InChI is InChI=1S/C2H3NO2S/c3-1-2-6(4)5/h2H2,(H,4,5)/p-1. The van der Waals surface area contributed by atoms with E-state index >= 15 is 0 Å². The van der Waals surface area contributed by atoms with Crippen molar-refractivity contribution in [2.75, 3.05) is 5.75 Å². The summed E-state index contributed by atoms with van der Waals surface area (Å²) < 4.78 is 18.8. The molecule has 34 valence electrons. The van der Waals surface area contributed by atoms with Crippen molar-refractivity contribution >= 4 is 11.1 Å². The number of hydrogen-bond donors (Lipinski definition) is 0. The van der Waals surface area contributed by atoms with Crippen LogP contribution in [-0.4, -0.2) is 14.5 Å². The zero-order valence-corrected chi connectivity index (χ0v) is 3.70. The second-order valence-electron chi connectivity index (χ2n) is 0.606. The zero-order chi connectivity index (χ0) is 4.99. The largest absolute Gasteiger partial charge is 0.772 e.